The predicted octanol–water partition coefficient (Wildman–Crippen LogP) is 3.83. The highest BCUT2D eigenvalue weighted by Crippen LogP contribution is 2.14. The number of halogens is 1. The number of rotatable bonds is 5. The molecule has 122 valence electrons. The van der Waals surface area contributed by atoms with Gasteiger partial charge in [0.15, 0.2) is 0 Å². The van der Waals surface area contributed by atoms with E-state index in [9.17, 15) is 4.79 Å². The molecule has 0 aliphatic carbocycles. The van der Waals surface area contributed by atoms with Gasteiger partial charge in [0.05, 0.1) is 11.0 Å². The number of fused-ring (bicyclic) bond motifs is 1. The van der Waals surface area contributed by atoms with Crippen molar-refractivity contribution in [2.24, 2.45) is 0 Å². The molecule has 1 heterocycles. The Kier molecular flexibility index (Phi) is 4.96. The van der Waals surface area contributed by atoms with Gasteiger partial charge in [0, 0.05) is 24.2 Å². The van der Waals surface area contributed by atoms with Crippen molar-refractivity contribution >= 4 is 34.6 Å². The minimum Gasteiger partial charge on any atom is -0.351 e. The van der Waals surface area contributed by atoms with E-state index in [-0.39, 0.29) is 5.91 Å². The number of hydrogen-bond acceptors (Lipinski definition) is 2. The quantitative estimate of drug-likeness (QED) is 0.718. The molecular weight excluding hydrogens is 322 g/mol. The highest BCUT2D eigenvalue weighted by atomic mass is 35.5. The number of amides is 1. The summed E-state index contributed by atoms with van der Waals surface area (Å²) in [4.78, 5) is 16.4. The van der Waals surface area contributed by atoms with Crippen LogP contribution < -0.4 is 5.32 Å². The van der Waals surface area contributed by atoms with Crippen molar-refractivity contribution in [1.29, 1.82) is 0 Å². The van der Waals surface area contributed by atoms with Crippen LogP contribution in [0.15, 0.2) is 54.6 Å². The van der Waals surface area contributed by atoms with Gasteiger partial charge in [-0.15, -0.1) is 0 Å². The molecule has 0 radical (unpaired) electrons. The molecule has 0 aliphatic heterocycles. The van der Waals surface area contributed by atoms with E-state index in [4.69, 9.17) is 11.6 Å². The van der Waals surface area contributed by atoms with Crippen LogP contribution in [0.25, 0.3) is 17.1 Å². The number of aromatic nitrogens is 2. The Balaban J connectivity index is 1.56. The van der Waals surface area contributed by atoms with E-state index >= 15 is 0 Å². The zero-order valence-electron chi connectivity index (χ0n) is 13.4. The monoisotopic (exact) mass is 339 g/mol. The lowest BCUT2D eigenvalue weighted by Gasteiger charge is -2.07. The fraction of sp³-hybridized carbons (Fsp3) is 0.158. The van der Waals surface area contributed by atoms with Gasteiger partial charge in [-0.2, -0.15) is 0 Å². The van der Waals surface area contributed by atoms with Crippen LogP contribution in [-0.4, -0.2) is 22.0 Å². The van der Waals surface area contributed by atoms with Gasteiger partial charge in [0.1, 0.15) is 5.82 Å². The number of nitrogens with one attached hydrogen (secondary N) is 1. The minimum atomic E-state index is -0.118. The molecular formula is C19H18ClN3O. The third kappa shape index (κ3) is 3.84. The number of para-hydroxylation sites is 2. The summed E-state index contributed by atoms with van der Waals surface area (Å²) in [6, 6.07) is 15.3. The first kappa shape index (κ1) is 16.3. The molecule has 0 bridgehead atoms. The lowest BCUT2D eigenvalue weighted by atomic mass is 10.2. The Morgan fingerprint density at radius 3 is 2.75 bits per heavy atom. The summed E-state index contributed by atoms with van der Waals surface area (Å²) in [6.45, 7) is 3.21. The lowest BCUT2D eigenvalue weighted by Crippen LogP contribution is -2.25. The number of nitrogens with zero attached hydrogens (tertiary/aromatic N) is 2. The zero-order valence-corrected chi connectivity index (χ0v) is 14.1. The smallest absolute Gasteiger partial charge is 0.244 e. The Morgan fingerprint density at radius 2 is 1.96 bits per heavy atom. The maximum Gasteiger partial charge on any atom is 0.244 e. The Labute approximate surface area is 145 Å². The molecule has 0 atom stereocenters. The summed E-state index contributed by atoms with van der Waals surface area (Å²) in [6.07, 6.45) is 3.30. The average Bonchev–Trinajstić information content (AvgIpc) is 2.90. The second-order valence-electron chi connectivity index (χ2n) is 5.48. The summed E-state index contributed by atoms with van der Waals surface area (Å²) >= 11 is 5.84. The number of aryl methyl sites for hydroxylation is 1. The highest BCUT2D eigenvalue weighted by Gasteiger charge is 2.06. The second-order valence-corrected chi connectivity index (χ2v) is 5.91. The molecule has 1 amide bonds. The van der Waals surface area contributed by atoms with Gasteiger partial charge < -0.3 is 9.88 Å². The standard InChI is InChI=1S/C19H18ClN3O/c1-14-22-17-4-2-3-5-18(17)23(14)13-12-21-19(24)11-8-15-6-9-16(20)10-7-15/h2-11H,12-13H2,1H3,(H,21,24)/b11-8+. The molecule has 0 fully saturated rings. The summed E-state index contributed by atoms with van der Waals surface area (Å²) in [5.74, 6) is 0.828. The van der Waals surface area contributed by atoms with Crippen molar-refractivity contribution in [3.8, 4) is 0 Å². The van der Waals surface area contributed by atoms with Crippen LogP contribution in [0.1, 0.15) is 11.4 Å². The molecule has 1 N–H and O–H groups in total. The van der Waals surface area contributed by atoms with Gasteiger partial charge in [0.2, 0.25) is 5.91 Å². The Bertz CT molecular complexity index is 881. The molecule has 24 heavy (non-hydrogen) atoms. The molecule has 0 saturated heterocycles. The van der Waals surface area contributed by atoms with Gasteiger partial charge >= 0.3 is 0 Å². The van der Waals surface area contributed by atoms with E-state index in [2.05, 4.69) is 14.9 Å². The SMILES string of the molecule is Cc1nc2ccccc2n1CCNC(=O)/C=C/c1ccc(Cl)cc1. The summed E-state index contributed by atoms with van der Waals surface area (Å²) in [5, 5.41) is 3.57. The van der Waals surface area contributed by atoms with Crippen LogP contribution in [0.4, 0.5) is 0 Å². The molecule has 5 heteroatoms. The second kappa shape index (κ2) is 7.32. The molecule has 3 rings (SSSR count). The Hall–Kier alpha value is -2.59. The summed E-state index contributed by atoms with van der Waals surface area (Å²) in [5.41, 5.74) is 3.00. The number of benzene rings is 2. The predicted molar refractivity (Wildman–Crippen MR) is 98.0 cm³/mol. The number of imidazole rings is 1. The van der Waals surface area contributed by atoms with Gasteiger partial charge in [-0.3, -0.25) is 4.79 Å². The molecule has 1 aromatic heterocycles. The third-order valence-corrected chi connectivity index (χ3v) is 4.03. The zero-order chi connectivity index (χ0) is 16.9. The fourth-order valence-electron chi connectivity index (χ4n) is 2.57. The topological polar surface area (TPSA) is 46.9 Å². The normalized spacial score (nSPS) is 11.2. The van der Waals surface area contributed by atoms with E-state index in [1.54, 1.807) is 18.2 Å². The van der Waals surface area contributed by atoms with Crippen LogP contribution in [0, 0.1) is 6.92 Å². The molecule has 0 spiro atoms. The summed E-state index contributed by atoms with van der Waals surface area (Å²) in [7, 11) is 0. The first-order valence-corrected chi connectivity index (χ1v) is 8.14. The van der Waals surface area contributed by atoms with E-state index in [1.165, 1.54) is 6.08 Å². The molecule has 0 aliphatic rings. The highest BCUT2D eigenvalue weighted by molar-refractivity contribution is 6.30. The maximum absolute atomic E-state index is 11.9. The van der Waals surface area contributed by atoms with Gasteiger partial charge in [-0.1, -0.05) is 35.9 Å². The molecule has 3 aromatic rings. The van der Waals surface area contributed by atoms with Crippen LogP contribution in [0.2, 0.25) is 5.02 Å². The van der Waals surface area contributed by atoms with Crippen molar-refractivity contribution in [3.63, 3.8) is 0 Å². The van der Waals surface area contributed by atoms with Crippen molar-refractivity contribution in [1.82, 2.24) is 14.9 Å². The number of hydrogen-bond donors (Lipinski definition) is 1. The molecule has 4 nitrogen and oxygen atoms in total. The Morgan fingerprint density at radius 1 is 1.21 bits per heavy atom. The van der Waals surface area contributed by atoms with E-state index in [1.807, 2.05) is 43.3 Å². The van der Waals surface area contributed by atoms with Gasteiger partial charge in [-0.05, 0) is 42.8 Å². The van der Waals surface area contributed by atoms with Crippen molar-refractivity contribution < 1.29 is 4.79 Å². The fourth-order valence-corrected chi connectivity index (χ4v) is 2.70. The van der Waals surface area contributed by atoms with Crippen molar-refractivity contribution in [3.05, 3.63) is 71.0 Å². The van der Waals surface area contributed by atoms with E-state index < -0.39 is 0 Å². The van der Waals surface area contributed by atoms with E-state index in [0.29, 0.717) is 18.1 Å². The lowest BCUT2D eigenvalue weighted by molar-refractivity contribution is -0.116. The van der Waals surface area contributed by atoms with E-state index in [0.717, 1.165) is 22.4 Å². The first-order valence-electron chi connectivity index (χ1n) is 7.77. The van der Waals surface area contributed by atoms with Crippen molar-refractivity contribution in [2.75, 3.05) is 6.54 Å². The number of carbonyl (C=O) groups excluding carboxylic acids is 1. The number of carbonyl (C=O) groups is 1. The maximum atomic E-state index is 11.9. The summed E-state index contributed by atoms with van der Waals surface area (Å²) < 4.78 is 2.11. The molecule has 0 saturated carbocycles. The van der Waals surface area contributed by atoms with Gasteiger partial charge in [-0.25, -0.2) is 4.98 Å². The third-order valence-electron chi connectivity index (χ3n) is 3.78. The van der Waals surface area contributed by atoms with Crippen molar-refractivity contribution in [2.45, 2.75) is 13.5 Å². The molecule has 0 unspecified atom stereocenters. The van der Waals surface area contributed by atoms with Gasteiger partial charge in [0.25, 0.3) is 0 Å². The first-order chi connectivity index (χ1) is 11.6. The average molecular weight is 340 g/mol. The minimum absolute atomic E-state index is 0.118. The van der Waals surface area contributed by atoms with Crippen LogP contribution >= 0.6 is 11.6 Å². The largest absolute Gasteiger partial charge is 0.351 e. The molecule has 2 aromatic carbocycles. The van der Waals surface area contributed by atoms with Crippen LogP contribution in [0.5, 0.6) is 0 Å². The van der Waals surface area contributed by atoms with Crippen LogP contribution in [0.3, 0.4) is 0 Å². The van der Waals surface area contributed by atoms with Crippen LogP contribution in [-0.2, 0) is 11.3 Å².